The minimum atomic E-state index is -2.23. The number of carboxylic acid groups (broad SMARTS) is 1. The monoisotopic (exact) mass is 933 g/mol. The van der Waals surface area contributed by atoms with Crippen molar-refractivity contribution in [2.75, 3.05) is 0 Å². The summed E-state index contributed by atoms with van der Waals surface area (Å²) in [6.45, 7) is 7.30. The summed E-state index contributed by atoms with van der Waals surface area (Å²) >= 11 is 0. The molecule has 5 aromatic rings. The minimum absolute atomic E-state index is 0.0326. The van der Waals surface area contributed by atoms with E-state index in [-0.39, 0.29) is 63.6 Å². The number of carbonyl (C=O) groups excluding carboxylic acids is 4. The molecule has 0 radical (unpaired) electrons. The molecule has 6 unspecified atom stereocenters. The lowest BCUT2D eigenvalue weighted by molar-refractivity contribution is -0.135. The van der Waals surface area contributed by atoms with Gasteiger partial charge in [-0.15, -0.1) is 0 Å². The number of aromatic nitrogens is 1. The van der Waals surface area contributed by atoms with E-state index in [0.717, 1.165) is 23.0 Å². The second-order valence-electron chi connectivity index (χ2n) is 17.7. The number of nitrogens with zero attached hydrogens (tertiary/aromatic N) is 1. The number of hydrogen-bond acceptors (Lipinski definition) is 11. The van der Waals surface area contributed by atoms with Crippen LogP contribution in [-0.4, -0.2) is 80.0 Å². The molecule has 16 heteroatoms. The van der Waals surface area contributed by atoms with E-state index >= 15 is 0 Å². The van der Waals surface area contributed by atoms with Gasteiger partial charge in [-0.25, -0.2) is 19.4 Å². The third-order valence-electron chi connectivity index (χ3n) is 11.4. The number of ether oxygens (including phenoxy) is 2. The predicted octanol–water partition coefficient (Wildman–Crippen LogP) is 7.05. The molecule has 0 spiro atoms. The molecule has 0 bridgehead atoms. The maximum atomic E-state index is 14.9. The number of aliphatic hydroxyl groups is 2. The quantitative estimate of drug-likeness (QED) is 0.0312. The zero-order chi connectivity index (χ0) is 49.1. The molecular weight excluding hydrogens is 871 g/mol. The number of hydrogen-bond donors (Lipinski definition) is 7. The average molecular weight is 934 g/mol. The summed E-state index contributed by atoms with van der Waals surface area (Å²) in [6.07, 6.45) is -4.41. The number of alkyl carbamates (subject to hydrolysis) is 2. The number of amides is 4. The van der Waals surface area contributed by atoms with E-state index in [9.17, 15) is 39.3 Å². The maximum Gasteiger partial charge on any atom is 0.408 e. The number of carboxylic acids is 1. The van der Waals surface area contributed by atoms with Gasteiger partial charge in [-0.2, -0.15) is 0 Å². The van der Waals surface area contributed by atoms with E-state index in [1.54, 1.807) is 60.7 Å². The number of aromatic carboxylic acids is 1. The van der Waals surface area contributed by atoms with Gasteiger partial charge in [0, 0.05) is 0 Å². The molecular formula is C52H63N5O11. The second-order valence-corrected chi connectivity index (χ2v) is 17.7. The standard InChI is InChI=1S/C52H63N5O11/c1-34(2)29-41(55-50(64)67-31-38-21-13-7-14-22-38)46(60)53-40(26-25-36-17-9-5-10-18-36)44(58)52(28-27-37-19-11-6-12-20-37,45(59)48-54-43(33-66-48)49(62)63)57-47(61)42(30-35(3)4)56-51(65)68-32-39-23-15-8-16-24-39/h5-24,33-35,40-42,44-45,58-59H,25-32H2,1-4H3,(H,53,60)(H,55,64)(H,56,65)(H,57,61)(H,62,63). The number of carbonyl (C=O) groups is 5. The van der Waals surface area contributed by atoms with E-state index in [0.29, 0.717) is 5.56 Å². The van der Waals surface area contributed by atoms with Crippen LogP contribution < -0.4 is 21.3 Å². The van der Waals surface area contributed by atoms with E-state index < -0.39 is 77.4 Å². The van der Waals surface area contributed by atoms with Gasteiger partial charge >= 0.3 is 18.2 Å². The molecule has 1 heterocycles. The van der Waals surface area contributed by atoms with E-state index in [2.05, 4.69) is 26.3 Å². The van der Waals surface area contributed by atoms with Crippen molar-refractivity contribution in [2.45, 2.75) is 115 Å². The number of aliphatic hydroxyl groups excluding tert-OH is 2. The van der Waals surface area contributed by atoms with Gasteiger partial charge in [0.25, 0.3) is 0 Å². The van der Waals surface area contributed by atoms with E-state index in [1.807, 2.05) is 88.4 Å². The molecule has 1 aromatic heterocycles. The maximum absolute atomic E-state index is 14.9. The molecule has 0 saturated heterocycles. The van der Waals surface area contributed by atoms with Crippen LogP contribution in [0.2, 0.25) is 0 Å². The highest BCUT2D eigenvalue weighted by Crippen LogP contribution is 2.36. The van der Waals surface area contributed by atoms with Crippen molar-refractivity contribution in [3.8, 4) is 0 Å². The largest absolute Gasteiger partial charge is 0.476 e. The van der Waals surface area contributed by atoms with Crippen LogP contribution in [0.5, 0.6) is 0 Å². The van der Waals surface area contributed by atoms with Gasteiger partial charge in [-0.3, -0.25) is 9.59 Å². The molecule has 4 amide bonds. The van der Waals surface area contributed by atoms with Crippen molar-refractivity contribution in [3.05, 3.63) is 161 Å². The van der Waals surface area contributed by atoms with Gasteiger partial charge in [0.05, 0.1) is 6.04 Å². The Balaban J connectivity index is 1.57. The summed E-state index contributed by atoms with van der Waals surface area (Å²) < 4.78 is 16.5. The van der Waals surface area contributed by atoms with Gasteiger partial charge in [0.1, 0.15) is 43.2 Å². The van der Waals surface area contributed by atoms with Crippen molar-refractivity contribution in [1.82, 2.24) is 26.3 Å². The number of oxazole rings is 1. The fourth-order valence-electron chi connectivity index (χ4n) is 7.83. The van der Waals surface area contributed by atoms with Gasteiger partial charge in [0.15, 0.2) is 11.8 Å². The zero-order valence-corrected chi connectivity index (χ0v) is 38.9. The Hall–Kier alpha value is -7.04. The van der Waals surface area contributed by atoms with Crippen molar-refractivity contribution < 1.29 is 53.2 Å². The lowest BCUT2D eigenvalue weighted by atomic mass is 9.76. The first-order valence-corrected chi connectivity index (χ1v) is 22.8. The average Bonchev–Trinajstić information content (AvgIpc) is 3.84. The Morgan fingerprint density at radius 3 is 1.50 bits per heavy atom. The van der Waals surface area contributed by atoms with E-state index in [1.165, 1.54) is 0 Å². The second kappa shape index (κ2) is 25.8. The van der Waals surface area contributed by atoms with Gasteiger partial charge in [-0.05, 0) is 72.6 Å². The molecule has 7 N–H and O–H groups in total. The Labute approximate surface area is 396 Å². The molecule has 0 aliphatic rings. The number of rotatable bonds is 25. The molecule has 16 nitrogen and oxygen atoms in total. The fraction of sp³-hybridized carbons (Fsp3) is 0.385. The summed E-state index contributed by atoms with van der Waals surface area (Å²) in [5.41, 5.74) is 0.250. The van der Waals surface area contributed by atoms with Gasteiger partial charge in [0.2, 0.25) is 17.7 Å². The topological polar surface area (TPSA) is 239 Å². The van der Waals surface area contributed by atoms with Crippen molar-refractivity contribution in [2.24, 2.45) is 11.8 Å². The first-order chi connectivity index (χ1) is 32.6. The molecule has 6 atom stereocenters. The molecule has 4 aromatic carbocycles. The first-order valence-electron chi connectivity index (χ1n) is 22.8. The number of aryl methyl sites for hydroxylation is 2. The lowest BCUT2D eigenvalue weighted by Crippen LogP contribution is -2.69. The summed E-state index contributed by atoms with van der Waals surface area (Å²) in [6, 6.07) is 32.6. The summed E-state index contributed by atoms with van der Waals surface area (Å²) in [5.74, 6) is -3.78. The Kier molecular flexibility index (Phi) is 19.7. The fourth-order valence-corrected chi connectivity index (χ4v) is 7.83. The SMILES string of the molecule is CC(C)CC(NC(=O)OCc1ccccc1)C(=O)NC(CCc1ccccc1)C(O)C(CCc1ccccc1)(NC(=O)C(CC(C)C)NC(=O)OCc1ccccc1)C(O)c1nc(C(=O)O)co1. The van der Waals surface area contributed by atoms with Crippen LogP contribution in [0.1, 0.15) is 98.1 Å². The summed E-state index contributed by atoms with van der Waals surface area (Å²) in [7, 11) is 0. The van der Waals surface area contributed by atoms with Crippen molar-refractivity contribution >= 4 is 30.0 Å². The van der Waals surface area contributed by atoms with Crippen LogP contribution in [0.3, 0.4) is 0 Å². The molecule has 0 aliphatic carbocycles. The van der Waals surface area contributed by atoms with Crippen LogP contribution in [0, 0.1) is 11.8 Å². The third-order valence-corrected chi connectivity index (χ3v) is 11.4. The third kappa shape index (κ3) is 15.8. The smallest absolute Gasteiger partial charge is 0.408 e. The van der Waals surface area contributed by atoms with Crippen LogP contribution >= 0.6 is 0 Å². The van der Waals surface area contributed by atoms with Gasteiger partial charge in [-0.1, -0.05) is 149 Å². The highest BCUT2D eigenvalue weighted by molar-refractivity contribution is 5.87. The summed E-state index contributed by atoms with van der Waals surface area (Å²) in [4.78, 5) is 72.2. The Morgan fingerprint density at radius 2 is 1.06 bits per heavy atom. The molecule has 68 heavy (non-hydrogen) atoms. The van der Waals surface area contributed by atoms with Crippen molar-refractivity contribution in [1.29, 1.82) is 0 Å². The summed E-state index contributed by atoms with van der Waals surface area (Å²) in [5, 5.41) is 46.8. The Morgan fingerprint density at radius 1 is 0.618 bits per heavy atom. The lowest BCUT2D eigenvalue weighted by Gasteiger charge is -2.45. The molecule has 362 valence electrons. The van der Waals surface area contributed by atoms with Crippen molar-refractivity contribution in [3.63, 3.8) is 0 Å². The van der Waals surface area contributed by atoms with Crippen LogP contribution in [0.4, 0.5) is 9.59 Å². The molecule has 0 fully saturated rings. The number of benzene rings is 4. The van der Waals surface area contributed by atoms with Crippen LogP contribution in [0.25, 0.3) is 0 Å². The zero-order valence-electron chi connectivity index (χ0n) is 38.9. The van der Waals surface area contributed by atoms with Crippen LogP contribution in [0.15, 0.2) is 132 Å². The molecule has 0 saturated carbocycles. The van der Waals surface area contributed by atoms with E-state index in [4.69, 9.17) is 13.9 Å². The van der Waals surface area contributed by atoms with Crippen LogP contribution in [-0.2, 0) is 45.1 Å². The first kappa shape index (κ1) is 51.9. The highest BCUT2D eigenvalue weighted by Gasteiger charge is 2.52. The normalized spacial score (nSPS) is 14.4. The number of nitrogens with one attached hydrogen (secondary N) is 4. The Bertz CT molecular complexity index is 2350. The van der Waals surface area contributed by atoms with Gasteiger partial charge < -0.3 is 50.5 Å². The minimum Gasteiger partial charge on any atom is -0.476 e. The molecule has 5 rings (SSSR count). The predicted molar refractivity (Wildman–Crippen MR) is 253 cm³/mol. The highest BCUT2D eigenvalue weighted by atomic mass is 16.6. The molecule has 0 aliphatic heterocycles.